The van der Waals surface area contributed by atoms with Crippen LogP contribution in [0.15, 0.2) is 41.3 Å². The van der Waals surface area contributed by atoms with Gasteiger partial charge >= 0.3 is 0 Å². The highest BCUT2D eigenvalue weighted by atomic mass is 32.2. The Kier molecular flexibility index (Phi) is 6.88. The third-order valence-electron chi connectivity index (χ3n) is 3.78. The molecule has 0 heterocycles. The molecule has 0 saturated heterocycles. The van der Waals surface area contributed by atoms with E-state index in [0.717, 1.165) is 11.3 Å². The van der Waals surface area contributed by atoms with Gasteiger partial charge in [0, 0.05) is 6.54 Å². The zero-order chi connectivity index (χ0) is 19.2. The average molecular weight is 379 g/mol. The van der Waals surface area contributed by atoms with Crippen molar-refractivity contribution in [3.63, 3.8) is 0 Å². The molecule has 0 unspecified atom stereocenters. The Hall–Kier alpha value is -2.25. The van der Waals surface area contributed by atoms with Crippen LogP contribution >= 0.6 is 0 Å². The number of rotatable bonds is 9. The highest BCUT2D eigenvalue weighted by Gasteiger charge is 2.18. The highest BCUT2D eigenvalue weighted by molar-refractivity contribution is 7.89. The van der Waals surface area contributed by atoms with Gasteiger partial charge in [-0.25, -0.2) is 13.1 Å². The van der Waals surface area contributed by atoms with E-state index in [2.05, 4.69) is 4.72 Å². The summed E-state index contributed by atoms with van der Waals surface area (Å²) in [5.74, 6) is 2.09. The molecule has 2 rings (SSSR count). The van der Waals surface area contributed by atoms with Gasteiger partial charge in [0.15, 0.2) is 0 Å². The maximum absolute atomic E-state index is 12.5. The van der Waals surface area contributed by atoms with Gasteiger partial charge in [-0.3, -0.25) is 0 Å². The molecule has 0 aliphatic rings. The van der Waals surface area contributed by atoms with Gasteiger partial charge in [-0.15, -0.1) is 0 Å². The van der Waals surface area contributed by atoms with E-state index in [9.17, 15) is 8.42 Å². The number of nitrogens with one attached hydrogen (secondary N) is 1. The average Bonchev–Trinajstić information content (AvgIpc) is 2.62. The molecule has 0 bridgehead atoms. The summed E-state index contributed by atoms with van der Waals surface area (Å²) in [5.41, 5.74) is 1.40. The van der Waals surface area contributed by atoms with Gasteiger partial charge < -0.3 is 14.2 Å². The number of methoxy groups -OCH3 is 1. The summed E-state index contributed by atoms with van der Waals surface area (Å²) >= 11 is 0. The van der Waals surface area contributed by atoms with Gasteiger partial charge in [0.25, 0.3) is 0 Å². The fraction of sp³-hybridized carbons (Fsp3) is 0.368. The summed E-state index contributed by atoms with van der Waals surface area (Å²) < 4.78 is 43.7. The number of benzene rings is 2. The van der Waals surface area contributed by atoms with Crippen LogP contribution in [0.1, 0.15) is 18.1 Å². The van der Waals surface area contributed by atoms with Crippen molar-refractivity contribution in [3.05, 3.63) is 47.5 Å². The number of aryl methyl sites for hydroxylation is 2. The van der Waals surface area contributed by atoms with Crippen molar-refractivity contribution in [1.29, 1.82) is 0 Å². The van der Waals surface area contributed by atoms with Crippen LogP contribution in [0.2, 0.25) is 0 Å². The lowest BCUT2D eigenvalue weighted by Gasteiger charge is -2.13. The minimum absolute atomic E-state index is 0.167. The molecule has 0 aromatic heterocycles. The Balaban J connectivity index is 1.93. The third kappa shape index (κ3) is 5.12. The van der Waals surface area contributed by atoms with Crippen LogP contribution in [0.5, 0.6) is 17.2 Å². The third-order valence-corrected chi connectivity index (χ3v) is 5.38. The normalized spacial score (nSPS) is 11.2. The smallest absolute Gasteiger partial charge is 0.240 e. The number of hydrogen-bond acceptors (Lipinski definition) is 5. The molecular weight excluding hydrogens is 354 g/mol. The molecule has 0 aliphatic carbocycles. The van der Waals surface area contributed by atoms with E-state index in [-0.39, 0.29) is 18.0 Å². The molecule has 0 fully saturated rings. The fourth-order valence-corrected chi connectivity index (χ4v) is 3.82. The maximum atomic E-state index is 12.5. The Morgan fingerprint density at radius 2 is 1.58 bits per heavy atom. The summed E-state index contributed by atoms with van der Waals surface area (Å²) in [7, 11) is -2.05. The zero-order valence-corrected chi connectivity index (χ0v) is 16.4. The molecular formula is C19H25NO5S. The minimum Gasteiger partial charge on any atom is -0.496 e. The fourth-order valence-electron chi connectivity index (χ4n) is 2.49. The standard InChI is InChI=1S/C19H25NO5S/c1-5-24-16-6-8-17(9-7-16)25-11-10-20-26(21,22)19-13-14(2)18(23-4)12-15(19)3/h6-9,12-13,20H,5,10-11H2,1-4H3. The molecule has 6 nitrogen and oxygen atoms in total. The van der Waals surface area contributed by atoms with Crippen LogP contribution in [0, 0.1) is 13.8 Å². The van der Waals surface area contributed by atoms with Crippen molar-refractivity contribution in [2.24, 2.45) is 0 Å². The molecule has 0 saturated carbocycles. The molecule has 0 atom stereocenters. The molecule has 2 aromatic rings. The first-order chi connectivity index (χ1) is 12.4. The van der Waals surface area contributed by atoms with Gasteiger partial charge in [-0.1, -0.05) is 0 Å². The predicted molar refractivity (Wildman–Crippen MR) is 101 cm³/mol. The molecule has 7 heteroatoms. The quantitative estimate of drug-likeness (QED) is 0.678. The first-order valence-corrected chi connectivity index (χ1v) is 9.86. The van der Waals surface area contributed by atoms with Crippen LogP contribution in [-0.2, 0) is 10.0 Å². The topological polar surface area (TPSA) is 73.9 Å². The molecule has 142 valence electrons. The largest absolute Gasteiger partial charge is 0.496 e. The lowest BCUT2D eigenvalue weighted by Crippen LogP contribution is -2.29. The second-order valence-corrected chi connectivity index (χ2v) is 7.47. The molecule has 1 N–H and O–H groups in total. The van der Waals surface area contributed by atoms with Crippen LogP contribution in [0.25, 0.3) is 0 Å². The monoisotopic (exact) mass is 379 g/mol. The molecule has 0 spiro atoms. The van der Waals surface area contributed by atoms with E-state index in [1.54, 1.807) is 38.3 Å². The maximum Gasteiger partial charge on any atom is 0.240 e. The van der Waals surface area contributed by atoms with Crippen molar-refractivity contribution < 1.29 is 22.6 Å². The first-order valence-electron chi connectivity index (χ1n) is 8.38. The van der Waals surface area contributed by atoms with Gasteiger partial charge in [0.1, 0.15) is 23.9 Å². The van der Waals surface area contributed by atoms with Crippen LogP contribution < -0.4 is 18.9 Å². The Bertz CT molecular complexity index is 832. The summed E-state index contributed by atoms with van der Waals surface area (Å²) in [5, 5.41) is 0. The van der Waals surface area contributed by atoms with Crippen molar-refractivity contribution in [1.82, 2.24) is 4.72 Å². The molecule has 2 aromatic carbocycles. The van der Waals surface area contributed by atoms with Crippen molar-refractivity contribution in [2.45, 2.75) is 25.7 Å². The first kappa shape index (κ1) is 20.1. The number of sulfonamides is 1. The zero-order valence-electron chi connectivity index (χ0n) is 15.5. The van der Waals surface area contributed by atoms with Crippen molar-refractivity contribution in [3.8, 4) is 17.2 Å². The van der Waals surface area contributed by atoms with Crippen LogP contribution in [0.3, 0.4) is 0 Å². The van der Waals surface area contributed by atoms with Gasteiger partial charge in [-0.05, 0) is 68.3 Å². The van der Waals surface area contributed by atoms with Crippen LogP contribution in [-0.4, -0.2) is 35.3 Å². The van der Waals surface area contributed by atoms with E-state index in [4.69, 9.17) is 14.2 Å². The van der Waals surface area contributed by atoms with E-state index in [1.165, 1.54) is 0 Å². The molecule has 0 radical (unpaired) electrons. The molecule has 0 aliphatic heterocycles. The lowest BCUT2D eigenvalue weighted by atomic mass is 10.1. The summed E-state index contributed by atoms with van der Waals surface area (Å²) in [6, 6.07) is 10.5. The number of hydrogen-bond donors (Lipinski definition) is 1. The van der Waals surface area contributed by atoms with E-state index in [0.29, 0.717) is 23.7 Å². The lowest BCUT2D eigenvalue weighted by molar-refractivity contribution is 0.319. The molecule has 0 amide bonds. The number of ether oxygens (including phenoxy) is 3. The van der Waals surface area contributed by atoms with E-state index < -0.39 is 10.0 Å². The Labute approximate surface area is 155 Å². The molecule has 26 heavy (non-hydrogen) atoms. The Morgan fingerprint density at radius 3 is 2.15 bits per heavy atom. The van der Waals surface area contributed by atoms with E-state index in [1.807, 2.05) is 26.0 Å². The van der Waals surface area contributed by atoms with Crippen molar-refractivity contribution in [2.75, 3.05) is 26.9 Å². The summed E-state index contributed by atoms with van der Waals surface area (Å²) in [6.45, 7) is 6.47. The Morgan fingerprint density at radius 1 is 0.962 bits per heavy atom. The summed E-state index contributed by atoms with van der Waals surface area (Å²) in [4.78, 5) is 0.247. The van der Waals surface area contributed by atoms with Gasteiger partial charge in [-0.2, -0.15) is 0 Å². The predicted octanol–water partition coefficient (Wildman–Crippen LogP) is 3.07. The van der Waals surface area contributed by atoms with E-state index >= 15 is 0 Å². The SMILES string of the molecule is CCOc1ccc(OCCNS(=O)(=O)c2cc(C)c(OC)cc2C)cc1. The van der Waals surface area contributed by atoms with Crippen LogP contribution in [0.4, 0.5) is 0 Å². The highest BCUT2D eigenvalue weighted by Crippen LogP contribution is 2.25. The van der Waals surface area contributed by atoms with Gasteiger partial charge in [0.05, 0.1) is 18.6 Å². The minimum atomic E-state index is -3.61. The second-order valence-electron chi connectivity index (χ2n) is 5.74. The second kappa shape index (κ2) is 8.91. The van der Waals surface area contributed by atoms with Crippen molar-refractivity contribution >= 4 is 10.0 Å². The summed E-state index contributed by atoms with van der Waals surface area (Å²) in [6.07, 6.45) is 0. The van der Waals surface area contributed by atoms with Gasteiger partial charge in [0.2, 0.25) is 10.0 Å².